The van der Waals surface area contributed by atoms with Crippen LogP contribution in [0, 0.1) is 0 Å². The van der Waals surface area contributed by atoms with Crippen LogP contribution in [-0.2, 0) is 11.4 Å². The van der Waals surface area contributed by atoms with Gasteiger partial charge in [-0.25, -0.2) is 0 Å². The Balaban J connectivity index is 3.04. The summed E-state index contributed by atoms with van der Waals surface area (Å²) in [7, 11) is 0. The standard InChI is InChI=1S/C13H15F4NO3S/c1-13(2,3)22(19)18-7-8-4-9(20-11(14)15)6-10(5-8)21-12(16)17/h4-7,11-12H,1-3H3. The zero-order valence-electron chi connectivity index (χ0n) is 12.1. The van der Waals surface area contributed by atoms with E-state index in [9.17, 15) is 22.1 Å². The second-order valence-electron chi connectivity index (χ2n) is 5.09. The van der Waals surface area contributed by atoms with Crippen molar-refractivity contribution in [3.05, 3.63) is 23.8 Å². The molecule has 1 unspecified atom stereocenters. The van der Waals surface area contributed by atoms with Crippen molar-refractivity contribution in [2.24, 2.45) is 4.40 Å². The third kappa shape index (κ3) is 6.52. The van der Waals surface area contributed by atoms with Gasteiger partial charge < -0.3 is 14.0 Å². The van der Waals surface area contributed by atoms with Crippen LogP contribution < -0.4 is 9.47 Å². The van der Waals surface area contributed by atoms with Gasteiger partial charge in [0.15, 0.2) is 0 Å². The second-order valence-corrected chi connectivity index (χ2v) is 7.02. The highest BCUT2D eigenvalue weighted by molar-refractivity contribution is 7.91. The van der Waals surface area contributed by atoms with Crippen molar-refractivity contribution in [2.45, 2.75) is 38.7 Å². The molecule has 0 N–H and O–H groups in total. The number of alkyl halides is 4. The average Bonchev–Trinajstić information content (AvgIpc) is 2.32. The van der Waals surface area contributed by atoms with E-state index in [1.54, 1.807) is 20.8 Å². The van der Waals surface area contributed by atoms with Gasteiger partial charge in [0.25, 0.3) is 0 Å². The van der Waals surface area contributed by atoms with Gasteiger partial charge in [0, 0.05) is 11.6 Å². The van der Waals surface area contributed by atoms with E-state index in [1.165, 1.54) is 0 Å². The summed E-state index contributed by atoms with van der Waals surface area (Å²) in [6.45, 7) is -1.14. The molecule has 22 heavy (non-hydrogen) atoms. The summed E-state index contributed by atoms with van der Waals surface area (Å²) in [5, 5.41) is 0. The molecule has 9 heteroatoms. The van der Waals surface area contributed by atoms with Crippen molar-refractivity contribution in [1.29, 1.82) is 0 Å². The molecule has 1 rings (SSSR count). The number of rotatable bonds is 6. The molecule has 0 saturated heterocycles. The summed E-state index contributed by atoms with van der Waals surface area (Å²) in [4.78, 5) is 0. The SMILES string of the molecule is CC(C)(C)[S+]([O-])N=Cc1cc(OC(F)F)cc(OC(F)F)c1. The third-order valence-electron chi connectivity index (χ3n) is 2.17. The Morgan fingerprint density at radius 3 is 1.86 bits per heavy atom. The summed E-state index contributed by atoms with van der Waals surface area (Å²) in [5.74, 6) is -0.729. The van der Waals surface area contributed by atoms with Crippen LogP contribution in [0.4, 0.5) is 17.6 Å². The molecule has 0 radical (unpaired) electrons. The molecule has 1 aromatic carbocycles. The second kappa shape index (κ2) is 7.68. The van der Waals surface area contributed by atoms with Crippen molar-refractivity contribution in [1.82, 2.24) is 0 Å². The Hall–Kier alpha value is -1.48. The minimum absolute atomic E-state index is 0.145. The molecule has 0 saturated carbocycles. The van der Waals surface area contributed by atoms with E-state index in [0.717, 1.165) is 24.4 Å². The van der Waals surface area contributed by atoms with Gasteiger partial charge in [0.2, 0.25) is 0 Å². The molecule has 1 atom stereocenters. The smallest absolute Gasteiger partial charge is 0.387 e. The molecule has 124 valence electrons. The molecule has 4 nitrogen and oxygen atoms in total. The van der Waals surface area contributed by atoms with Gasteiger partial charge in [-0.05, 0) is 32.9 Å². The molecule has 1 aromatic rings. The van der Waals surface area contributed by atoms with Crippen LogP contribution in [0.1, 0.15) is 26.3 Å². The molecule has 0 aliphatic carbocycles. The summed E-state index contributed by atoms with van der Waals surface area (Å²) < 4.78 is 72.1. The van der Waals surface area contributed by atoms with Gasteiger partial charge in [0.05, 0.1) is 6.21 Å². The van der Waals surface area contributed by atoms with Crippen molar-refractivity contribution >= 4 is 17.6 Å². The fourth-order valence-electron chi connectivity index (χ4n) is 1.28. The molecule has 0 spiro atoms. The first kappa shape index (κ1) is 18.6. The normalized spacial score (nSPS) is 13.9. The molecule has 0 aliphatic rings. The van der Waals surface area contributed by atoms with E-state index < -0.39 is 29.3 Å². The number of hydrogen-bond donors (Lipinski definition) is 0. The zero-order valence-corrected chi connectivity index (χ0v) is 12.9. The van der Waals surface area contributed by atoms with Crippen LogP contribution in [0.2, 0.25) is 0 Å². The van der Waals surface area contributed by atoms with Crippen LogP contribution in [-0.4, -0.2) is 28.7 Å². The minimum atomic E-state index is -3.12. The summed E-state index contributed by atoms with van der Waals surface area (Å²) >= 11 is -1.58. The highest BCUT2D eigenvalue weighted by Crippen LogP contribution is 2.25. The maximum Gasteiger partial charge on any atom is 0.387 e. The molecule has 0 aromatic heterocycles. The van der Waals surface area contributed by atoms with Crippen LogP contribution >= 0.6 is 0 Å². The predicted octanol–water partition coefficient (Wildman–Crippen LogP) is 3.77. The highest BCUT2D eigenvalue weighted by atomic mass is 32.2. The van der Waals surface area contributed by atoms with Gasteiger partial charge in [-0.15, -0.1) is 0 Å². The lowest BCUT2D eigenvalue weighted by atomic mass is 10.2. The van der Waals surface area contributed by atoms with E-state index in [-0.39, 0.29) is 17.1 Å². The van der Waals surface area contributed by atoms with Gasteiger partial charge >= 0.3 is 13.2 Å². The lowest BCUT2D eigenvalue weighted by Gasteiger charge is -2.17. The van der Waals surface area contributed by atoms with Crippen molar-refractivity contribution < 1.29 is 31.6 Å². The molecular weight excluding hydrogens is 326 g/mol. The third-order valence-corrected chi connectivity index (χ3v) is 3.52. The quantitative estimate of drug-likeness (QED) is 0.450. The number of benzene rings is 1. The Bertz CT molecular complexity index is 492. The fraction of sp³-hybridized carbons (Fsp3) is 0.462. The van der Waals surface area contributed by atoms with E-state index in [2.05, 4.69) is 13.9 Å². The monoisotopic (exact) mass is 341 g/mol. The largest absolute Gasteiger partial charge is 0.591 e. The first-order valence-corrected chi connectivity index (χ1v) is 7.19. The first-order chi connectivity index (χ1) is 10.1. The summed E-state index contributed by atoms with van der Waals surface area (Å²) in [6.07, 6.45) is 1.12. The fourth-order valence-corrected chi connectivity index (χ4v) is 1.81. The zero-order chi connectivity index (χ0) is 16.9. The Morgan fingerprint density at radius 2 is 1.50 bits per heavy atom. The number of ether oxygens (including phenoxy) is 2. The molecule has 0 amide bonds. The molecule has 0 fully saturated rings. The minimum Gasteiger partial charge on any atom is -0.591 e. The Morgan fingerprint density at radius 1 is 1.05 bits per heavy atom. The Kier molecular flexibility index (Phi) is 6.48. The van der Waals surface area contributed by atoms with E-state index in [1.807, 2.05) is 0 Å². The maximum absolute atomic E-state index is 12.2. The lowest BCUT2D eigenvalue weighted by molar-refractivity contribution is -0.0542. The van der Waals surface area contributed by atoms with E-state index in [4.69, 9.17) is 0 Å². The van der Waals surface area contributed by atoms with E-state index >= 15 is 0 Å². The van der Waals surface area contributed by atoms with Gasteiger partial charge in [0.1, 0.15) is 27.6 Å². The molecule has 0 aliphatic heterocycles. The Labute approximate surface area is 128 Å². The van der Waals surface area contributed by atoms with Crippen LogP contribution in [0.25, 0.3) is 0 Å². The number of nitrogens with zero attached hydrogens (tertiary/aromatic N) is 1. The molecule has 0 heterocycles. The van der Waals surface area contributed by atoms with Crippen molar-refractivity contribution in [2.75, 3.05) is 0 Å². The van der Waals surface area contributed by atoms with Gasteiger partial charge in [-0.2, -0.15) is 17.6 Å². The first-order valence-electron chi connectivity index (χ1n) is 6.08. The summed E-state index contributed by atoms with van der Waals surface area (Å²) in [5.41, 5.74) is 0.145. The molecular formula is C13H15F4NO3S. The predicted molar refractivity (Wildman–Crippen MR) is 75.2 cm³/mol. The highest BCUT2D eigenvalue weighted by Gasteiger charge is 2.25. The number of halogens is 4. The molecule has 0 bridgehead atoms. The number of hydrogen-bond acceptors (Lipinski definition) is 4. The van der Waals surface area contributed by atoms with E-state index in [0.29, 0.717) is 0 Å². The average molecular weight is 341 g/mol. The van der Waals surface area contributed by atoms with Crippen LogP contribution in [0.5, 0.6) is 11.5 Å². The maximum atomic E-state index is 12.2. The van der Waals surface area contributed by atoms with Gasteiger partial charge in [-0.1, -0.05) is 4.40 Å². The van der Waals surface area contributed by atoms with Crippen molar-refractivity contribution in [3.8, 4) is 11.5 Å². The van der Waals surface area contributed by atoms with Crippen molar-refractivity contribution in [3.63, 3.8) is 0 Å². The topological polar surface area (TPSA) is 53.9 Å². The lowest BCUT2D eigenvalue weighted by Crippen LogP contribution is -2.25. The summed E-state index contributed by atoms with van der Waals surface area (Å²) in [6, 6.07) is 3.19. The van der Waals surface area contributed by atoms with Gasteiger partial charge in [-0.3, -0.25) is 0 Å². The van der Waals surface area contributed by atoms with Crippen LogP contribution in [0.3, 0.4) is 0 Å². The van der Waals surface area contributed by atoms with Crippen LogP contribution in [0.15, 0.2) is 22.6 Å².